The number of ether oxygens (including phenoxy) is 1. The molecule has 4 nitrogen and oxygen atoms in total. The summed E-state index contributed by atoms with van der Waals surface area (Å²) in [5.74, 6) is 0. The monoisotopic (exact) mass is 263 g/mol. The Morgan fingerprint density at radius 2 is 2.42 bits per heavy atom. The molecule has 4 heteroatoms. The largest absolute Gasteiger partial charge is 0.381 e. The molecule has 106 valence electrons. The van der Waals surface area contributed by atoms with Crippen LogP contribution in [0.3, 0.4) is 0 Å². The van der Waals surface area contributed by atoms with Crippen molar-refractivity contribution < 1.29 is 4.74 Å². The molecule has 2 heterocycles. The summed E-state index contributed by atoms with van der Waals surface area (Å²) in [5, 5.41) is 3.48. The van der Waals surface area contributed by atoms with Crippen LogP contribution in [0.5, 0.6) is 0 Å². The van der Waals surface area contributed by atoms with E-state index in [-0.39, 0.29) is 5.41 Å². The summed E-state index contributed by atoms with van der Waals surface area (Å²) in [5.41, 5.74) is 1.54. The Bertz CT molecular complexity index is 363. The van der Waals surface area contributed by atoms with E-state index in [1.165, 1.54) is 5.56 Å². The summed E-state index contributed by atoms with van der Waals surface area (Å²) in [6.45, 7) is 8.00. The van der Waals surface area contributed by atoms with Crippen LogP contribution in [0, 0.1) is 5.41 Å². The lowest BCUT2D eigenvalue weighted by atomic mass is 9.86. The minimum atomic E-state index is 0.271. The predicted molar refractivity (Wildman–Crippen MR) is 77.0 cm³/mol. The van der Waals surface area contributed by atoms with Crippen molar-refractivity contribution in [2.45, 2.75) is 19.9 Å². The van der Waals surface area contributed by atoms with Gasteiger partial charge < -0.3 is 15.0 Å². The maximum absolute atomic E-state index is 5.63. The third-order valence-corrected chi connectivity index (χ3v) is 3.72. The molecule has 0 saturated carbocycles. The maximum Gasteiger partial charge on any atom is 0.0547 e. The van der Waals surface area contributed by atoms with Gasteiger partial charge in [0.2, 0.25) is 0 Å². The highest BCUT2D eigenvalue weighted by Gasteiger charge is 2.35. The van der Waals surface area contributed by atoms with Gasteiger partial charge in [0.15, 0.2) is 0 Å². The molecule has 2 rings (SSSR count). The van der Waals surface area contributed by atoms with Crippen LogP contribution in [-0.2, 0) is 11.3 Å². The van der Waals surface area contributed by atoms with E-state index < -0.39 is 0 Å². The number of hydrogen-bond acceptors (Lipinski definition) is 4. The Hall–Kier alpha value is -0.970. The normalized spacial score (nSPS) is 23.1. The lowest BCUT2D eigenvalue weighted by Gasteiger charge is -2.32. The smallest absolute Gasteiger partial charge is 0.0547 e. The van der Waals surface area contributed by atoms with Crippen LogP contribution < -0.4 is 5.32 Å². The minimum absolute atomic E-state index is 0.271. The number of rotatable bonds is 7. The van der Waals surface area contributed by atoms with Gasteiger partial charge in [0.1, 0.15) is 0 Å². The molecule has 0 aliphatic carbocycles. The van der Waals surface area contributed by atoms with Crippen molar-refractivity contribution in [2.24, 2.45) is 5.41 Å². The summed E-state index contributed by atoms with van der Waals surface area (Å²) in [6, 6.07) is 4.13. The molecule has 1 aliphatic heterocycles. The van der Waals surface area contributed by atoms with Gasteiger partial charge in [0.05, 0.1) is 6.61 Å². The van der Waals surface area contributed by atoms with Crippen molar-refractivity contribution in [1.29, 1.82) is 0 Å². The quantitative estimate of drug-likeness (QED) is 0.809. The molecule has 1 atom stereocenters. The first kappa shape index (κ1) is 14.4. The lowest BCUT2D eigenvalue weighted by molar-refractivity contribution is 0.117. The van der Waals surface area contributed by atoms with Gasteiger partial charge in [-0.05, 0) is 31.6 Å². The fraction of sp³-hybridized carbons (Fsp3) is 0.667. The van der Waals surface area contributed by atoms with Gasteiger partial charge in [-0.25, -0.2) is 0 Å². The van der Waals surface area contributed by atoms with E-state index in [1.54, 1.807) is 0 Å². The SMILES string of the molecule is CCNCC1(CN(C)Cc2cccnc2)CCOC1. The van der Waals surface area contributed by atoms with E-state index >= 15 is 0 Å². The van der Waals surface area contributed by atoms with E-state index in [2.05, 4.69) is 35.2 Å². The van der Waals surface area contributed by atoms with E-state index in [0.29, 0.717) is 0 Å². The van der Waals surface area contributed by atoms with Crippen molar-refractivity contribution in [3.05, 3.63) is 30.1 Å². The second-order valence-corrected chi connectivity index (χ2v) is 5.62. The number of nitrogens with one attached hydrogen (secondary N) is 1. The Morgan fingerprint density at radius 1 is 1.53 bits per heavy atom. The zero-order valence-corrected chi connectivity index (χ0v) is 12.1. The average molecular weight is 263 g/mol. The van der Waals surface area contributed by atoms with Crippen LogP contribution in [0.1, 0.15) is 18.9 Å². The van der Waals surface area contributed by atoms with E-state index in [1.807, 2.05) is 18.5 Å². The first-order valence-electron chi connectivity index (χ1n) is 7.10. The summed E-state index contributed by atoms with van der Waals surface area (Å²) in [4.78, 5) is 6.55. The number of hydrogen-bond donors (Lipinski definition) is 1. The van der Waals surface area contributed by atoms with Gasteiger partial charge in [-0.1, -0.05) is 13.0 Å². The van der Waals surface area contributed by atoms with Crippen LogP contribution in [-0.4, -0.2) is 49.8 Å². The molecule has 0 amide bonds. The zero-order chi connectivity index (χ0) is 13.6. The third-order valence-electron chi connectivity index (χ3n) is 3.72. The zero-order valence-electron chi connectivity index (χ0n) is 12.1. The molecule has 0 spiro atoms. The van der Waals surface area contributed by atoms with Gasteiger partial charge >= 0.3 is 0 Å². The highest BCUT2D eigenvalue weighted by molar-refractivity contribution is 5.08. The van der Waals surface area contributed by atoms with Crippen molar-refractivity contribution in [3.63, 3.8) is 0 Å². The number of pyridine rings is 1. The standard InChI is InChI=1S/C15H25N3O/c1-3-16-11-15(6-8-19-13-15)12-18(2)10-14-5-4-7-17-9-14/h4-5,7,9,16H,3,6,8,10-13H2,1-2H3. The predicted octanol–water partition coefficient (Wildman–Crippen LogP) is 1.53. The summed E-state index contributed by atoms with van der Waals surface area (Å²) in [7, 11) is 2.18. The van der Waals surface area contributed by atoms with Crippen molar-refractivity contribution in [2.75, 3.05) is 39.9 Å². The maximum atomic E-state index is 5.63. The fourth-order valence-electron chi connectivity index (χ4n) is 2.79. The van der Waals surface area contributed by atoms with Crippen LogP contribution in [0.4, 0.5) is 0 Å². The fourth-order valence-corrected chi connectivity index (χ4v) is 2.79. The molecule has 1 saturated heterocycles. The summed E-state index contributed by atoms with van der Waals surface area (Å²) >= 11 is 0. The van der Waals surface area contributed by atoms with Crippen LogP contribution in [0.15, 0.2) is 24.5 Å². The van der Waals surface area contributed by atoms with Crippen LogP contribution in [0.25, 0.3) is 0 Å². The molecule has 0 radical (unpaired) electrons. The minimum Gasteiger partial charge on any atom is -0.381 e. The molecule has 1 aliphatic rings. The van der Waals surface area contributed by atoms with E-state index in [4.69, 9.17) is 4.74 Å². The second kappa shape index (κ2) is 6.98. The van der Waals surface area contributed by atoms with Crippen molar-refractivity contribution in [3.8, 4) is 0 Å². The molecule has 1 fully saturated rings. The van der Waals surface area contributed by atoms with Gasteiger partial charge in [0.25, 0.3) is 0 Å². The van der Waals surface area contributed by atoms with E-state index in [9.17, 15) is 0 Å². The summed E-state index contributed by atoms with van der Waals surface area (Å²) < 4.78 is 5.63. The first-order chi connectivity index (χ1) is 9.24. The molecular weight excluding hydrogens is 238 g/mol. The molecule has 0 bridgehead atoms. The molecular formula is C15H25N3O. The van der Waals surface area contributed by atoms with Crippen molar-refractivity contribution in [1.82, 2.24) is 15.2 Å². The molecule has 1 N–H and O–H groups in total. The molecule has 0 aromatic carbocycles. The topological polar surface area (TPSA) is 37.4 Å². The average Bonchev–Trinajstić information content (AvgIpc) is 2.86. The van der Waals surface area contributed by atoms with Gasteiger partial charge in [0, 0.05) is 44.0 Å². The molecule has 1 aromatic rings. The highest BCUT2D eigenvalue weighted by atomic mass is 16.5. The Balaban J connectivity index is 1.90. The lowest BCUT2D eigenvalue weighted by Crippen LogP contribution is -2.43. The summed E-state index contributed by atoms with van der Waals surface area (Å²) in [6.07, 6.45) is 4.91. The highest BCUT2D eigenvalue weighted by Crippen LogP contribution is 2.29. The third kappa shape index (κ3) is 4.27. The Labute approximate surface area is 116 Å². The number of aromatic nitrogens is 1. The Morgan fingerprint density at radius 3 is 3.05 bits per heavy atom. The van der Waals surface area contributed by atoms with Crippen molar-refractivity contribution >= 4 is 0 Å². The molecule has 1 unspecified atom stereocenters. The Kier molecular flexibility index (Phi) is 5.31. The van der Waals surface area contributed by atoms with Gasteiger partial charge in [-0.15, -0.1) is 0 Å². The van der Waals surface area contributed by atoms with Crippen LogP contribution in [0.2, 0.25) is 0 Å². The van der Waals surface area contributed by atoms with Crippen LogP contribution >= 0.6 is 0 Å². The van der Waals surface area contributed by atoms with Gasteiger partial charge in [-0.3, -0.25) is 4.98 Å². The molecule has 19 heavy (non-hydrogen) atoms. The number of nitrogens with zero attached hydrogens (tertiary/aromatic N) is 2. The van der Waals surface area contributed by atoms with Gasteiger partial charge in [-0.2, -0.15) is 0 Å². The van der Waals surface area contributed by atoms with E-state index in [0.717, 1.165) is 45.8 Å². The molecule has 1 aromatic heterocycles. The first-order valence-corrected chi connectivity index (χ1v) is 7.10. The second-order valence-electron chi connectivity index (χ2n) is 5.62.